The lowest BCUT2D eigenvalue weighted by Crippen LogP contribution is -2.18. The summed E-state index contributed by atoms with van der Waals surface area (Å²) >= 11 is 0. The summed E-state index contributed by atoms with van der Waals surface area (Å²) in [5.74, 6) is 0. The number of aryl methyl sites for hydroxylation is 1. The molecule has 0 spiro atoms. The fourth-order valence-corrected chi connectivity index (χ4v) is 2.55. The highest BCUT2D eigenvalue weighted by molar-refractivity contribution is 7.89. The Balaban J connectivity index is 2.61. The van der Waals surface area contributed by atoms with E-state index in [-0.39, 0.29) is 4.90 Å². The van der Waals surface area contributed by atoms with Crippen molar-refractivity contribution in [1.29, 1.82) is 0 Å². The highest BCUT2D eigenvalue weighted by atomic mass is 32.2. The molecule has 6 nitrogen and oxygen atoms in total. The van der Waals surface area contributed by atoms with Crippen LogP contribution in [0.3, 0.4) is 0 Å². The largest absolute Gasteiger partial charge is 0.388 e. The Hall–Kier alpha value is -1.86. The maximum absolute atomic E-state index is 11.8. The Labute approximate surface area is 112 Å². The number of sulfonamides is 1. The summed E-state index contributed by atoms with van der Waals surface area (Å²) in [6.07, 6.45) is 3.51. The number of anilines is 1. The lowest BCUT2D eigenvalue weighted by atomic mass is 10.1. The van der Waals surface area contributed by atoms with Gasteiger partial charge in [0.2, 0.25) is 10.0 Å². The summed E-state index contributed by atoms with van der Waals surface area (Å²) in [4.78, 5) is 4.47. The number of hydrogen-bond acceptors (Lipinski definition) is 4. The predicted octanol–water partition coefficient (Wildman–Crippen LogP) is 1.04. The maximum Gasteiger partial charge on any atom is 0.240 e. The minimum atomic E-state index is -3.46. The molecule has 2 N–H and O–H groups in total. The minimum Gasteiger partial charge on any atom is -0.388 e. The molecular weight excluding hydrogens is 264 g/mol. The van der Waals surface area contributed by atoms with Crippen molar-refractivity contribution in [3.05, 3.63) is 30.7 Å². The van der Waals surface area contributed by atoms with Crippen LogP contribution in [0.5, 0.6) is 0 Å². The number of benzene rings is 1. The Kier molecular flexibility index (Phi) is 3.59. The predicted molar refractivity (Wildman–Crippen MR) is 74.4 cm³/mol. The first-order valence-corrected chi connectivity index (χ1v) is 7.20. The van der Waals surface area contributed by atoms with Gasteiger partial charge in [-0.05, 0) is 25.2 Å². The van der Waals surface area contributed by atoms with E-state index >= 15 is 0 Å². The molecule has 7 heteroatoms. The van der Waals surface area contributed by atoms with Crippen LogP contribution in [0.4, 0.5) is 5.69 Å². The molecular formula is C12H16N4O2S. The van der Waals surface area contributed by atoms with Crippen molar-refractivity contribution in [3.8, 4) is 11.3 Å². The Morgan fingerprint density at radius 2 is 2.00 bits per heavy atom. The standard InChI is InChI=1S/C12H16N4O2S/c1-13-11-5-4-9(19(17,18)14-2)6-10(11)12-7-16(3)8-15-12/h4-8,13-14H,1-3H3. The molecule has 0 fully saturated rings. The zero-order valence-electron chi connectivity index (χ0n) is 11.0. The van der Waals surface area contributed by atoms with E-state index in [0.717, 1.165) is 16.9 Å². The van der Waals surface area contributed by atoms with Gasteiger partial charge < -0.3 is 9.88 Å². The van der Waals surface area contributed by atoms with Gasteiger partial charge in [-0.2, -0.15) is 0 Å². The summed E-state index contributed by atoms with van der Waals surface area (Å²) in [7, 11) is 1.58. The van der Waals surface area contributed by atoms with Gasteiger partial charge in [-0.25, -0.2) is 18.1 Å². The normalized spacial score (nSPS) is 11.5. The molecule has 0 aliphatic carbocycles. The van der Waals surface area contributed by atoms with E-state index in [4.69, 9.17) is 0 Å². The van der Waals surface area contributed by atoms with E-state index in [1.165, 1.54) is 7.05 Å². The summed E-state index contributed by atoms with van der Waals surface area (Å²) in [6.45, 7) is 0. The van der Waals surface area contributed by atoms with E-state index in [0.29, 0.717) is 0 Å². The first-order valence-electron chi connectivity index (χ1n) is 5.71. The molecule has 0 amide bonds. The van der Waals surface area contributed by atoms with Gasteiger partial charge in [0.25, 0.3) is 0 Å². The molecule has 0 aliphatic heterocycles. The van der Waals surface area contributed by atoms with Crippen LogP contribution in [0.1, 0.15) is 0 Å². The molecule has 0 aliphatic rings. The van der Waals surface area contributed by atoms with Crippen LogP contribution in [-0.4, -0.2) is 32.1 Å². The zero-order valence-corrected chi connectivity index (χ0v) is 11.8. The molecule has 2 aromatic rings. The molecule has 1 heterocycles. The summed E-state index contributed by atoms with van der Waals surface area (Å²) in [6, 6.07) is 4.90. The van der Waals surface area contributed by atoms with Gasteiger partial charge in [0.05, 0.1) is 16.9 Å². The fourth-order valence-electron chi connectivity index (χ4n) is 1.79. The van der Waals surface area contributed by atoms with E-state index in [1.807, 2.05) is 17.8 Å². The molecule has 1 aromatic carbocycles. The second-order valence-corrected chi connectivity index (χ2v) is 5.98. The number of hydrogen-bond donors (Lipinski definition) is 2. The number of imidazole rings is 1. The number of nitrogens with zero attached hydrogens (tertiary/aromatic N) is 2. The summed E-state index contributed by atoms with van der Waals surface area (Å²) in [5, 5.41) is 3.04. The average molecular weight is 280 g/mol. The smallest absolute Gasteiger partial charge is 0.240 e. The van der Waals surface area contributed by atoms with E-state index in [9.17, 15) is 8.42 Å². The second-order valence-electron chi connectivity index (χ2n) is 4.09. The number of aromatic nitrogens is 2. The van der Waals surface area contributed by atoms with Crippen LogP contribution in [0, 0.1) is 0 Å². The van der Waals surface area contributed by atoms with Crippen LogP contribution in [0.2, 0.25) is 0 Å². The highest BCUT2D eigenvalue weighted by Crippen LogP contribution is 2.28. The van der Waals surface area contributed by atoms with Crippen LogP contribution in [-0.2, 0) is 17.1 Å². The zero-order chi connectivity index (χ0) is 14.0. The monoisotopic (exact) mass is 280 g/mol. The quantitative estimate of drug-likeness (QED) is 0.877. The average Bonchev–Trinajstić information content (AvgIpc) is 2.84. The Bertz CT molecular complexity index is 692. The summed E-state index contributed by atoms with van der Waals surface area (Å²) in [5.41, 5.74) is 2.30. The van der Waals surface area contributed by atoms with Crippen molar-refractivity contribution < 1.29 is 8.42 Å². The third-order valence-corrected chi connectivity index (χ3v) is 4.23. The Morgan fingerprint density at radius 1 is 1.26 bits per heavy atom. The van der Waals surface area contributed by atoms with Gasteiger partial charge >= 0.3 is 0 Å². The number of rotatable bonds is 4. The van der Waals surface area contributed by atoms with Crippen LogP contribution in [0.25, 0.3) is 11.3 Å². The first-order chi connectivity index (χ1) is 8.97. The number of nitrogens with one attached hydrogen (secondary N) is 2. The van der Waals surface area contributed by atoms with E-state index in [2.05, 4.69) is 15.0 Å². The molecule has 0 atom stereocenters. The van der Waals surface area contributed by atoms with Crippen LogP contribution < -0.4 is 10.0 Å². The van der Waals surface area contributed by atoms with E-state index in [1.54, 1.807) is 31.6 Å². The molecule has 0 unspecified atom stereocenters. The van der Waals surface area contributed by atoms with Crippen molar-refractivity contribution >= 4 is 15.7 Å². The molecule has 0 radical (unpaired) electrons. The van der Waals surface area contributed by atoms with Gasteiger partial charge in [0, 0.05) is 31.5 Å². The molecule has 19 heavy (non-hydrogen) atoms. The molecule has 102 valence electrons. The van der Waals surface area contributed by atoms with Gasteiger partial charge in [-0.3, -0.25) is 0 Å². The molecule has 1 aromatic heterocycles. The lowest BCUT2D eigenvalue weighted by Gasteiger charge is -2.10. The van der Waals surface area contributed by atoms with Crippen molar-refractivity contribution in [2.24, 2.45) is 7.05 Å². The second kappa shape index (κ2) is 5.02. The SMILES string of the molecule is CNc1ccc(S(=O)(=O)NC)cc1-c1cn(C)cn1. The van der Waals surface area contributed by atoms with Gasteiger partial charge in [-0.1, -0.05) is 0 Å². The molecule has 0 saturated heterocycles. The first kappa shape index (κ1) is 13.6. The van der Waals surface area contributed by atoms with E-state index < -0.39 is 10.0 Å². The maximum atomic E-state index is 11.8. The third kappa shape index (κ3) is 2.61. The van der Waals surface area contributed by atoms with Gasteiger partial charge in [-0.15, -0.1) is 0 Å². The fraction of sp³-hybridized carbons (Fsp3) is 0.250. The molecule has 0 bridgehead atoms. The minimum absolute atomic E-state index is 0.217. The topological polar surface area (TPSA) is 76.0 Å². The van der Waals surface area contributed by atoms with Gasteiger partial charge in [0.15, 0.2) is 0 Å². The van der Waals surface area contributed by atoms with Crippen molar-refractivity contribution in [3.63, 3.8) is 0 Å². The van der Waals surface area contributed by atoms with Gasteiger partial charge in [0.1, 0.15) is 0 Å². The van der Waals surface area contributed by atoms with Crippen LogP contribution in [0.15, 0.2) is 35.6 Å². The molecule has 0 saturated carbocycles. The molecule has 2 rings (SSSR count). The van der Waals surface area contributed by atoms with Crippen molar-refractivity contribution in [1.82, 2.24) is 14.3 Å². The summed E-state index contributed by atoms with van der Waals surface area (Å²) < 4.78 is 27.8. The third-order valence-electron chi connectivity index (χ3n) is 2.82. The van der Waals surface area contributed by atoms with Crippen molar-refractivity contribution in [2.75, 3.05) is 19.4 Å². The van der Waals surface area contributed by atoms with Crippen molar-refractivity contribution in [2.45, 2.75) is 4.90 Å². The Morgan fingerprint density at radius 3 is 2.53 bits per heavy atom. The van der Waals surface area contributed by atoms with Crippen LogP contribution >= 0.6 is 0 Å². The highest BCUT2D eigenvalue weighted by Gasteiger charge is 2.15. The lowest BCUT2D eigenvalue weighted by molar-refractivity contribution is 0.588.